The quantitative estimate of drug-likeness (QED) is 0.803. The molecule has 0 spiro atoms. The third-order valence-electron chi connectivity index (χ3n) is 2.87. The van der Waals surface area contributed by atoms with Crippen LogP contribution in [0.2, 0.25) is 5.02 Å². The van der Waals surface area contributed by atoms with Crippen molar-refractivity contribution < 1.29 is 14.6 Å². The van der Waals surface area contributed by atoms with Gasteiger partial charge in [-0.25, -0.2) is 0 Å². The monoisotopic (exact) mass is 271 g/mol. The molecule has 0 bridgehead atoms. The smallest absolute Gasteiger partial charge is 0.305 e. The van der Waals surface area contributed by atoms with Crippen molar-refractivity contribution in [2.75, 3.05) is 7.11 Å². The van der Waals surface area contributed by atoms with Gasteiger partial charge in [0.25, 0.3) is 0 Å². The summed E-state index contributed by atoms with van der Waals surface area (Å²) in [6, 6.07) is 4.75. The largest absolute Gasteiger partial charge is 0.469 e. The average molecular weight is 272 g/mol. The number of rotatable bonds is 5. The van der Waals surface area contributed by atoms with Crippen molar-refractivity contribution in [2.45, 2.75) is 31.9 Å². The number of hydrogen-bond donors (Lipinski definition) is 2. The molecule has 0 saturated heterocycles. The minimum atomic E-state index is -0.839. The van der Waals surface area contributed by atoms with Gasteiger partial charge in [-0.1, -0.05) is 17.7 Å². The van der Waals surface area contributed by atoms with E-state index in [0.717, 1.165) is 5.56 Å². The molecular formula is C13H18ClNO3. The fourth-order valence-corrected chi connectivity index (χ4v) is 1.89. The second-order valence-electron chi connectivity index (χ2n) is 4.22. The van der Waals surface area contributed by atoms with Crippen LogP contribution >= 0.6 is 11.6 Å². The topological polar surface area (TPSA) is 72.5 Å². The SMILES string of the molecule is COC(=O)CCC(N)C(O)c1cc(Cl)ccc1C. The van der Waals surface area contributed by atoms with E-state index in [9.17, 15) is 9.90 Å². The summed E-state index contributed by atoms with van der Waals surface area (Å²) in [7, 11) is 1.32. The lowest BCUT2D eigenvalue weighted by atomic mass is 9.96. The number of methoxy groups -OCH3 is 1. The highest BCUT2D eigenvalue weighted by Gasteiger charge is 2.20. The fraction of sp³-hybridized carbons (Fsp3) is 0.462. The molecule has 0 aromatic heterocycles. The van der Waals surface area contributed by atoms with E-state index >= 15 is 0 Å². The molecule has 1 aromatic carbocycles. The van der Waals surface area contributed by atoms with Crippen molar-refractivity contribution in [1.29, 1.82) is 0 Å². The zero-order valence-electron chi connectivity index (χ0n) is 10.5. The average Bonchev–Trinajstić information content (AvgIpc) is 2.37. The molecule has 5 heteroatoms. The zero-order valence-corrected chi connectivity index (χ0v) is 11.3. The highest BCUT2D eigenvalue weighted by molar-refractivity contribution is 6.30. The summed E-state index contributed by atoms with van der Waals surface area (Å²) in [5.74, 6) is -0.333. The van der Waals surface area contributed by atoms with Gasteiger partial charge in [0, 0.05) is 17.5 Å². The Morgan fingerprint density at radius 1 is 1.56 bits per heavy atom. The van der Waals surface area contributed by atoms with Gasteiger partial charge in [0.2, 0.25) is 0 Å². The van der Waals surface area contributed by atoms with Crippen molar-refractivity contribution in [3.8, 4) is 0 Å². The van der Waals surface area contributed by atoms with Crippen LogP contribution in [0.5, 0.6) is 0 Å². The molecule has 2 atom stereocenters. The van der Waals surface area contributed by atoms with E-state index in [-0.39, 0.29) is 12.4 Å². The lowest BCUT2D eigenvalue weighted by Crippen LogP contribution is -2.29. The fourth-order valence-electron chi connectivity index (χ4n) is 1.71. The van der Waals surface area contributed by atoms with Gasteiger partial charge in [0.05, 0.1) is 13.2 Å². The predicted molar refractivity (Wildman–Crippen MR) is 70.4 cm³/mol. The molecule has 0 aliphatic heterocycles. The third-order valence-corrected chi connectivity index (χ3v) is 3.11. The van der Waals surface area contributed by atoms with Crippen LogP contribution in [-0.4, -0.2) is 24.2 Å². The second-order valence-corrected chi connectivity index (χ2v) is 4.66. The molecule has 0 amide bonds. The van der Waals surface area contributed by atoms with Crippen molar-refractivity contribution in [3.63, 3.8) is 0 Å². The number of aliphatic hydroxyl groups is 1. The lowest BCUT2D eigenvalue weighted by molar-refractivity contribution is -0.140. The third kappa shape index (κ3) is 3.98. The van der Waals surface area contributed by atoms with E-state index in [0.29, 0.717) is 17.0 Å². The molecule has 0 aliphatic carbocycles. The number of nitrogens with two attached hydrogens (primary N) is 1. The maximum atomic E-state index is 11.0. The van der Waals surface area contributed by atoms with Crippen LogP contribution < -0.4 is 5.73 Å². The Kier molecular flexibility index (Phi) is 5.59. The molecule has 0 heterocycles. The molecule has 18 heavy (non-hydrogen) atoms. The number of benzene rings is 1. The zero-order chi connectivity index (χ0) is 13.7. The van der Waals surface area contributed by atoms with Gasteiger partial charge in [0.1, 0.15) is 0 Å². The predicted octanol–water partition coefficient (Wildman–Crippen LogP) is 1.96. The first-order valence-corrected chi connectivity index (χ1v) is 6.10. The Hall–Kier alpha value is -1.10. The molecule has 1 aromatic rings. The summed E-state index contributed by atoms with van der Waals surface area (Å²) in [5.41, 5.74) is 7.48. The number of aryl methyl sites for hydroxylation is 1. The molecule has 0 saturated carbocycles. The molecule has 4 nitrogen and oxygen atoms in total. The summed E-state index contributed by atoms with van der Waals surface area (Å²) in [5, 5.41) is 10.7. The van der Waals surface area contributed by atoms with Gasteiger partial charge in [-0.2, -0.15) is 0 Å². The van der Waals surface area contributed by atoms with Gasteiger partial charge < -0.3 is 15.6 Å². The first kappa shape index (κ1) is 15.0. The van der Waals surface area contributed by atoms with Crippen LogP contribution in [0.15, 0.2) is 18.2 Å². The molecule has 0 fully saturated rings. The number of carbonyl (C=O) groups excluding carboxylic acids is 1. The molecule has 100 valence electrons. The highest BCUT2D eigenvalue weighted by atomic mass is 35.5. The van der Waals surface area contributed by atoms with Gasteiger partial charge in [0.15, 0.2) is 0 Å². The Morgan fingerprint density at radius 3 is 2.83 bits per heavy atom. The minimum absolute atomic E-state index is 0.189. The minimum Gasteiger partial charge on any atom is -0.469 e. The van der Waals surface area contributed by atoms with Gasteiger partial charge in [-0.05, 0) is 36.6 Å². The Labute approximate surface area is 112 Å². The molecule has 1 rings (SSSR count). The molecule has 2 unspecified atom stereocenters. The number of esters is 1. The van der Waals surface area contributed by atoms with E-state index in [1.165, 1.54) is 7.11 Å². The van der Waals surface area contributed by atoms with E-state index in [2.05, 4.69) is 4.74 Å². The summed E-state index contributed by atoms with van der Waals surface area (Å²) < 4.78 is 4.53. The molecule has 3 N–H and O–H groups in total. The normalized spacial score (nSPS) is 14.1. The van der Waals surface area contributed by atoms with Crippen molar-refractivity contribution in [2.24, 2.45) is 5.73 Å². The molecule has 0 aliphatic rings. The summed E-state index contributed by atoms with van der Waals surface area (Å²) >= 11 is 5.89. The van der Waals surface area contributed by atoms with Crippen molar-refractivity contribution >= 4 is 17.6 Å². The van der Waals surface area contributed by atoms with Gasteiger partial charge in [-0.3, -0.25) is 4.79 Å². The van der Waals surface area contributed by atoms with E-state index in [4.69, 9.17) is 17.3 Å². The van der Waals surface area contributed by atoms with Gasteiger partial charge >= 0.3 is 5.97 Å². The van der Waals surface area contributed by atoms with E-state index in [1.807, 2.05) is 13.0 Å². The number of ether oxygens (including phenoxy) is 1. The van der Waals surface area contributed by atoms with Crippen LogP contribution in [0.4, 0.5) is 0 Å². The Balaban J connectivity index is 2.70. The van der Waals surface area contributed by atoms with Gasteiger partial charge in [-0.15, -0.1) is 0 Å². The maximum Gasteiger partial charge on any atom is 0.305 e. The second kappa shape index (κ2) is 6.73. The molecular weight excluding hydrogens is 254 g/mol. The maximum absolute atomic E-state index is 11.0. The highest BCUT2D eigenvalue weighted by Crippen LogP contribution is 2.25. The first-order valence-electron chi connectivity index (χ1n) is 5.72. The van der Waals surface area contributed by atoms with E-state index < -0.39 is 12.1 Å². The van der Waals surface area contributed by atoms with E-state index in [1.54, 1.807) is 12.1 Å². The van der Waals surface area contributed by atoms with Crippen LogP contribution in [0, 0.1) is 6.92 Å². The number of carbonyl (C=O) groups is 1. The number of hydrogen-bond acceptors (Lipinski definition) is 4. The van der Waals surface area contributed by atoms with Crippen molar-refractivity contribution in [1.82, 2.24) is 0 Å². The Bertz CT molecular complexity index is 423. The van der Waals surface area contributed by atoms with Crippen LogP contribution in [0.25, 0.3) is 0 Å². The number of halogens is 1. The number of aliphatic hydroxyl groups excluding tert-OH is 1. The summed E-state index contributed by atoms with van der Waals surface area (Å²) in [4.78, 5) is 11.0. The summed E-state index contributed by atoms with van der Waals surface area (Å²) in [6.45, 7) is 1.88. The Morgan fingerprint density at radius 2 is 2.22 bits per heavy atom. The standard InChI is InChI=1S/C13H18ClNO3/c1-8-3-4-9(14)7-10(8)13(17)11(15)5-6-12(16)18-2/h3-4,7,11,13,17H,5-6,15H2,1-2H3. The van der Waals surface area contributed by atoms with Crippen LogP contribution in [-0.2, 0) is 9.53 Å². The lowest BCUT2D eigenvalue weighted by Gasteiger charge is -2.20. The van der Waals surface area contributed by atoms with Crippen molar-refractivity contribution in [3.05, 3.63) is 34.3 Å². The summed E-state index contributed by atoms with van der Waals surface area (Å²) in [6.07, 6.45) is -0.290. The molecule has 0 radical (unpaired) electrons. The van der Waals surface area contributed by atoms with Crippen LogP contribution in [0.3, 0.4) is 0 Å². The first-order chi connectivity index (χ1) is 8.45. The van der Waals surface area contributed by atoms with Crippen LogP contribution in [0.1, 0.15) is 30.1 Å².